The molecule has 1 N–H and O–H groups in total. The van der Waals surface area contributed by atoms with Crippen LogP contribution in [-0.4, -0.2) is 54.1 Å². The number of aromatic nitrogens is 4. The van der Waals surface area contributed by atoms with Gasteiger partial charge in [0.05, 0.1) is 11.2 Å². The minimum atomic E-state index is -1.17. The molecule has 1 atom stereocenters. The second-order valence-corrected chi connectivity index (χ2v) is 9.01. The highest BCUT2D eigenvalue weighted by Crippen LogP contribution is 2.28. The molecule has 0 spiro atoms. The van der Waals surface area contributed by atoms with Crippen LogP contribution in [-0.2, 0) is 6.42 Å². The summed E-state index contributed by atoms with van der Waals surface area (Å²) in [6.07, 6.45) is 4.83. The molecular formula is C26H26FN5O3. The Morgan fingerprint density at radius 2 is 1.91 bits per heavy atom. The summed E-state index contributed by atoms with van der Waals surface area (Å²) < 4.78 is 16.7. The number of rotatable bonds is 4. The first kappa shape index (κ1) is 22.9. The SMILES string of the molecule is CCc1cc(C(=O)N2CCCCC[C@H]2C)nc2cc(-c3cc4ccc(C(=O)O)nc4cc3F)nn12. The fourth-order valence-electron chi connectivity index (χ4n) is 4.71. The van der Waals surface area contributed by atoms with Gasteiger partial charge in [-0.2, -0.15) is 5.10 Å². The molecule has 0 unspecified atom stereocenters. The van der Waals surface area contributed by atoms with Gasteiger partial charge in [0.1, 0.15) is 17.2 Å². The fourth-order valence-corrected chi connectivity index (χ4v) is 4.71. The molecule has 1 amide bonds. The molecule has 1 fully saturated rings. The number of aromatic carboxylic acids is 1. The van der Waals surface area contributed by atoms with Crippen molar-refractivity contribution in [1.29, 1.82) is 0 Å². The Morgan fingerprint density at radius 1 is 1.09 bits per heavy atom. The Kier molecular flexibility index (Phi) is 5.92. The normalized spacial score (nSPS) is 16.5. The van der Waals surface area contributed by atoms with Gasteiger partial charge in [0, 0.05) is 41.4 Å². The van der Waals surface area contributed by atoms with E-state index in [9.17, 15) is 9.59 Å². The van der Waals surface area contributed by atoms with Crippen molar-refractivity contribution in [2.24, 2.45) is 0 Å². The lowest BCUT2D eigenvalue weighted by molar-refractivity contribution is 0.0682. The maximum absolute atomic E-state index is 15.1. The van der Waals surface area contributed by atoms with Crippen LogP contribution in [0.1, 0.15) is 66.2 Å². The maximum atomic E-state index is 15.1. The van der Waals surface area contributed by atoms with Crippen LogP contribution < -0.4 is 0 Å². The molecule has 1 aliphatic rings. The predicted octanol–water partition coefficient (Wildman–Crippen LogP) is 4.75. The summed E-state index contributed by atoms with van der Waals surface area (Å²) in [6.45, 7) is 4.77. The van der Waals surface area contributed by atoms with Crippen LogP contribution in [0.5, 0.6) is 0 Å². The average Bonchev–Trinajstić information content (AvgIpc) is 3.16. The first-order chi connectivity index (χ1) is 16.9. The van der Waals surface area contributed by atoms with Crippen LogP contribution in [0.2, 0.25) is 0 Å². The van der Waals surface area contributed by atoms with Gasteiger partial charge in [-0.05, 0) is 44.4 Å². The molecule has 0 bridgehead atoms. The van der Waals surface area contributed by atoms with Gasteiger partial charge in [-0.25, -0.2) is 23.7 Å². The Balaban J connectivity index is 1.57. The second-order valence-electron chi connectivity index (χ2n) is 9.01. The van der Waals surface area contributed by atoms with Crippen LogP contribution in [0.4, 0.5) is 4.39 Å². The van der Waals surface area contributed by atoms with Crippen molar-refractivity contribution in [3.05, 3.63) is 59.3 Å². The third-order valence-electron chi connectivity index (χ3n) is 6.67. The number of amides is 1. The number of likely N-dealkylation sites (tertiary alicyclic amines) is 1. The van der Waals surface area contributed by atoms with Crippen molar-refractivity contribution in [3.63, 3.8) is 0 Å². The standard InChI is InChI=1S/C26H26FN5O3/c1-3-17-12-23(25(33)31-10-6-4-5-7-15(31)2)29-24-14-22(30-32(17)24)18-11-16-8-9-20(26(34)35)28-21(16)13-19(18)27/h8-9,11-15H,3-7,10H2,1-2H3,(H,34,35)/t15-/m1/s1. The molecule has 0 radical (unpaired) electrons. The minimum absolute atomic E-state index is 0.0865. The monoisotopic (exact) mass is 475 g/mol. The van der Waals surface area contributed by atoms with Crippen LogP contribution in [0.3, 0.4) is 0 Å². The Labute approximate surface area is 201 Å². The highest BCUT2D eigenvalue weighted by Gasteiger charge is 2.25. The number of benzene rings is 1. The third-order valence-corrected chi connectivity index (χ3v) is 6.67. The second kappa shape index (κ2) is 9.05. The molecule has 35 heavy (non-hydrogen) atoms. The highest BCUT2D eigenvalue weighted by atomic mass is 19.1. The average molecular weight is 476 g/mol. The largest absolute Gasteiger partial charge is 0.477 e. The predicted molar refractivity (Wildman–Crippen MR) is 129 cm³/mol. The number of carbonyl (C=O) groups is 2. The minimum Gasteiger partial charge on any atom is -0.477 e. The summed E-state index contributed by atoms with van der Waals surface area (Å²) in [6, 6.07) is 9.40. The van der Waals surface area contributed by atoms with Gasteiger partial charge in [-0.3, -0.25) is 4.79 Å². The van der Waals surface area contributed by atoms with Gasteiger partial charge in [0.2, 0.25) is 0 Å². The number of halogens is 1. The van der Waals surface area contributed by atoms with E-state index in [1.807, 2.05) is 11.8 Å². The molecule has 1 aromatic carbocycles. The zero-order chi connectivity index (χ0) is 24.7. The Bertz CT molecular complexity index is 1460. The number of carboxylic acids is 1. The van der Waals surface area contributed by atoms with Crippen LogP contribution in [0.15, 0.2) is 36.4 Å². The first-order valence-corrected chi connectivity index (χ1v) is 11.9. The molecule has 0 saturated carbocycles. The molecular weight excluding hydrogens is 449 g/mol. The van der Waals surface area contributed by atoms with Gasteiger partial charge in [-0.1, -0.05) is 25.8 Å². The van der Waals surface area contributed by atoms with Crippen molar-refractivity contribution in [1.82, 2.24) is 24.5 Å². The van der Waals surface area contributed by atoms with Gasteiger partial charge in [-0.15, -0.1) is 0 Å². The molecule has 1 aliphatic heterocycles. The van der Waals surface area contributed by atoms with Gasteiger partial charge >= 0.3 is 5.97 Å². The molecule has 3 aromatic heterocycles. The zero-order valence-electron chi connectivity index (χ0n) is 19.7. The maximum Gasteiger partial charge on any atom is 0.354 e. The fraction of sp³-hybridized carbons (Fsp3) is 0.346. The third kappa shape index (κ3) is 4.22. The van der Waals surface area contributed by atoms with Crippen LogP contribution >= 0.6 is 0 Å². The number of hydrogen-bond donors (Lipinski definition) is 1. The smallest absolute Gasteiger partial charge is 0.354 e. The van der Waals surface area contributed by atoms with Gasteiger partial charge < -0.3 is 10.0 Å². The molecule has 9 heteroatoms. The lowest BCUT2D eigenvalue weighted by Gasteiger charge is -2.27. The number of hydrogen-bond acceptors (Lipinski definition) is 5. The molecule has 8 nitrogen and oxygen atoms in total. The van der Waals surface area contributed by atoms with E-state index >= 15 is 4.39 Å². The number of carbonyl (C=O) groups excluding carboxylic acids is 1. The van der Waals surface area contributed by atoms with E-state index in [4.69, 9.17) is 5.11 Å². The molecule has 180 valence electrons. The molecule has 4 aromatic rings. The molecule has 0 aliphatic carbocycles. The summed E-state index contributed by atoms with van der Waals surface area (Å²) in [4.78, 5) is 35.1. The van der Waals surface area contributed by atoms with Crippen molar-refractivity contribution >= 4 is 28.4 Å². The summed E-state index contributed by atoms with van der Waals surface area (Å²) in [5.74, 6) is -1.82. The van der Waals surface area contributed by atoms with Gasteiger partial charge in [0.25, 0.3) is 5.91 Å². The number of nitrogens with zero attached hydrogens (tertiary/aromatic N) is 5. The summed E-state index contributed by atoms with van der Waals surface area (Å²) in [5, 5.41) is 14.3. The number of fused-ring (bicyclic) bond motifs is 2. The van der Waals surface area contributed by atoms with Crippen LogP contribution in [0.25, 0.3) is 27.8 Å². The topological polar surface area (TPSA) is 101 Å². The zero-order valence-corrected chi connectivity index (χ0v) is 19.7. The quantitative estimate of drug-likeness (QED) is 0.457. The first-order valence-electron chi connectivity index (χ1n) is 11.9. The van der Waals surface area contributed by atoms with Crippen molar-refractivity contribution in [2.75, 3.05) is 6.54 Å². The summed E-state index contributed by atoms with van der Waals surface area (Å²) in [7, 11) is 0. The van der Waals surface area contributed by atoms with Crippen LogP contribution in [0, 0.1) is 5.82 Å². The number of pyridine rings is 1. The van der Waals surface area contributed by atoms with E-state index in [-0.39, 0.29) is 28.7 Å². The molecule has 5 rings (SSSR count). The van der Waals surface area contributed by atoms with E-state index in [1.165, 1.54) is 12.1 Å². The van der Waals surface area contributed by atoms with Crippen molar-refractivity contribution < 1.29 is 19.1 Å². The number of aryl methyl sites for hydroxylation is 1. The highest BCUT2D eigenvalue weighted by molar-refractivity contribution is 5.93. The summed E-state index contributed by atoms with van der Waals surface area (Å²) >= 11 is 0. The molecule has 4 heterocycles. The lowest BCUT2D eigenvalue weighted by Crippen LogP contribution is -2.38. The summed E-state index contributed by atoms with van der Waals surface area (Å²) in [5.41, 5.74) is 2.39. The van der Waals surface area contributed by atoms with E-state index < -0.39 is 11.8 Å². The molecule has 1 saturated heterocycles. The number of carboxylic acid groups (broad SMARTS) is 1. The van der Waals surface area contributed by atoms with Crippen molar-refractivity contribution in [2.45, 2.75) is 52.0 Å². The van der Waals surface area contributed by atoms with Gasteiger partial charge in [0.15, 0.2) is 5.65 Å². The Morgan fingerprint density at radius 3 is 2.69 bits per heavy atom. The lowest BCUT2D eigenvalue weighted by atomic mass is 10.1. The Hall–Kier alpha value is -3.88. The van der Waals surface area contributed by atoms with Crippen molar-refractivity contribution in [3.8, 4) is 11.3 Å². The van der Waals surface area contributed by atoms with E-state index in [0.717, 1.165) is 37.9 Å². The van der Waals surface area contributed by atoms with E-state index in [2.05, 4.69) is 22.0 Å². The van der Waals surface area contributed by atoms with E-state index in [0.29, 0.717) is 28.8 Å². The van der Waals surface area contributed by atoms with E-state index in [1.54, 1.807) is 28.8 Å².